The molecule has 2 aromatic carbocycles. The summed E-state index contributed by atoms with van der Waals surface area (Å²) in [4.78, 5) is 21.0. The fourth-order valence-electron chi connectivity index (χ4n) is 4.00. The lowest BCUT2D eigenvalue weighted by Crippen LogP contribution is -2.53. The summed E-state index contributed by atoms with van der Waals surface area (Å²) < 4.78 is 57.7. The highest BCUT2D eigenvalue weighted by atomic mass is 19.4. The summed E-state index contributed by atoms with van der Waals surface area (Å²) in [6.07, 6.45) is -4.46. The van der Waals surface area contributed by atoms with Crippen LogP contribution < -0.4 is 5.32 Å². The number of hydrogen-bond donors (Lipinski definition) is 1. The van der Waals surface area contributed by atoms with Crippen LogP contribution in [0, 0.1) is 5.82 Å². The summed E-state index contributed by atoms with van der Waals surface area (Å²) in [5.74, 6) is -0.239. The second-order valence-electron chi connectivity index (χ2n) is 8.46. The number of carbonyl (C=O) groups excluding carboxylic acids is 1. The number of amides is 1. The maximum absolute atomic E-state index is 13.4. The monoisotopic (exact) mass is 491 g/mol. The Bertz CT molecular complexity index is 1170. The van der Waals surface area contributed by atoms with Crippen LogP contribution in [0.3, 0.4) is 0 Å². The van der Waals surface area contributed by atoms with Gasteiger partial charge in [0.15, 0.2) is 0 Å². The molecule has 7 nitrogen and oxygen atoms in total. The molecule has 2 heterocycles. The number of anilines is 1. The molecule has 0 aliphatic carbocycles. The van der Waals surface area contributed by atoms with Crippen LogP contribution >= 0.6 is 0 Å². The molecule has 35 heavy (non-hydrogen) atoms. The Kier molecular flexibility index (Phi) is 7.18. The van der Waals surface area contributed by atoms with E-state index in [1.54, 1.807) is 13.0 Å². The van der Waals surface area contributed by atoms with Crippen molar-refractivity contribution in [2.24, 2.45) is 0 Å². The van der Waals surface area contributed by atoms with Crippen LogP contribution in [0.5, 0.6) is 0 Å². The average molecular weight is 491 g/mol. The lowest BCUT2D eigenvalue weighted by atomic mass is 10.1. The zero-order valence-electron chi connectivity index (χ0n) is 19.2. The first-order valence-corrected chi connectivity index (χ1v) is 11.2. The Morgan fingerprint density at radius 2 is 1.71 bits per heavy atom. The van der Waals surface area contributed by atoms with Crippen molar-refractivity contribution in [1.29, 1.82) is 0 Å². The molecule has 0 radical (unpaired) electrons. The van der Waals surface area contributed by atoms with E-state index in [4.69, 9.17) is 4.52 Å². The van der Waals surface area contributed by atoms with Crippen molar-refractivity contribution in [2.75, 3.05) is 31.5 Å². The highest BCUT2D eigenvalue weighted by molar-refractivity contribution is 5.94. The highest BCUT2D eigenvalue weighted by Gasteiger charge is 2.32. The van der Waals surface area contributed by atoms with E-state index in [1.165, 1.54) is 30.3 Å². The molecule has 11 heteroatoms. The summed E-state index contributed by atoms with van der Waals surface area (Å²) in [7, 11) is 0. The van der Waals surface area contributed by atoms with Gasteiger partial charge in [-0.3, -0.25) is 14.6 Å². The minimum Gasteiger partial charge on any atom is -0.337 e. The minimum absolute atomic E-state index is 0.0965. The van der Waals surface area contributed by atoms with E-state index in [9.17, 15) is 22.4 Å². The second kappa shape index (κ2) is 10.1. The molecular formula is C24H25F4N5O2. The first kappa shape index (κ1) is 24.8. The van der Waals surface area contributed by atoms with Gasteiger partial charge in [-0.1, -0.05) is 23.4 Å². The van der Waals surface area contributed by atoms with Crippen LogP contribution in [-0.4, -0.2) is 58.1 Å². The van der Waals surface area contributed by atoms with Crippen LogP contribution in [0.25, 0.3) is 11.4 Å². The number of hydrogen-bond acceptors (Lipinski definition) is 6. The van der Waals surface area contributed by atoms with Gasteiger partial charge < -0.3 is 9.84 Å². The molecule has 1 fully saturated rings. The maximum atomic E-state index is 13.4. The minimum atomic E-state index is -4.46. The van der Waals surface area contributed by atoms with Crippen LogP contribution in [0.1, 0.15) is 31.3 Å². The summed E-state index contributed by atoms with van der Waals surface area (Å²) in [6.45, 7) is 6.15. The fraction of sp³-hybridized carbons (Fsp3) is 0.375. The molecule has 4 rings (SSSR count). The molecule has 1 saturated heterocycles. The van der Waals surface area contributed by atoms with Crippen molar-refractivity contribution in [1.82, 2.24) is 19.9 Å². The summed E-state index contributed by atoms with van der Waals surface area (Å²) in [6, 6.07) is 9.88. The van der Waals surface area contributed by atoms with Gasteiger partial charge in [-0.15, -0.1) is 0 Å². The second-order valence-corrected chi connectivity index (χ2v) is 8.46. The smallest absolute Gasteiger partial charge is 0.337 e. The van der Waals surface area contributed by atoms with Crippen molar-refractivity contribution >= 4 is 11.6 Å². The number of rotatable bonds is 6. The van der Waals surface area contributed by atoms with Gasteiger partial charge in [0, 0.05) is 37.4 Å². The normalized spacial score (nSPS) is 17.2. The summed E-state index contributed by atoms with van der Waals surface area (Å²) in [5.41, 5.74) is -0.145. The first-order valence-electron chi connectivity index (χ1n) is 11.2. The number of benzene rings is 2. The Morgan fingerprint density at radius 1 is 1.03 bits per heavy atom. The third kappa shape index (κ3) is 5.85. The first-order chi connectivity index (χ1) is 16.6. The molecule has 186 valence electrons. The number of nitrogens with zero attached hydrogens (tertiary/aromatic N) is 4. The lowest BCUT2D eigenvalue weighted by Gasteiger charge is -2.39. The predicted molar refractivity (Wildman–Crippen MR) is 121 cm³/mol. The van der Waals surface area contributed by atoms with E-state index < -0.39 is 23.6 Å². The molecule has 0 spiro atoms. The zero-order chi connectivity index (χ0) is 25.2. The van der Waals surface area contributed by atoms with Gasteiger partial charge in [-0.05, 0) is 44.2 Å². The Hall–Kier alpha value is -3.31. The van der Waals surface area contributed by atoms with E-state index in [1.807, 2.05) is 11.8 Å². The molecule has 1 aromatic heterocycles. The molecule has 2 atom stereocenters. The standard InChI is InChI=1S/C24H25F4N5O2/c1-15(22(34)29-20-8-4-7-19(25)14-20)32-9-11-33(12-10-32)16(2)23-30-21(31-35-23)17-5-3-6-18(13-17)24(26,27)28/h3-8,13-16H,9-12H2,1-2H3,(H,29,34)/t15-,16+/m1/s1. The van der Waals surface area contributed by atoms with Crippen LogP contribution in [0.15, 0.2) is 53.1 Å². The number of nitrogens with one attached hydrogen (secondary N) is 1. The summed E-state index contributed by atoms with van der Waals surface area (Å²) in [5, 5.41) is 6.60. The highest BCUT2D eigenvalue weighted by Crippen LogP contribution is 2.32. The molecule has 1 aliphatic rings. The average Bonchev–Trinajstić information content (AvgIpc) is 3.33. The van der Waals surface area contributed by atoms with E-state index in [-0.39, 0.29) is 23.3 Å². The van der Waals surface area contributed by atoms with Gasteiger partial charge in [0.05, 0.1) is 17.6 Å². The van der Waals surface area contributed by atoms with Crippen molar-refractivity contribution < 1.29 is 26.9 Å². The van der Waals surface area contributed by atoms with Crippen LogP contribution in [0.4, 0.5) is 23.2 Å². The molecular weight excluding hydrogens is 466 g/mol. The zero-order valence-corrected chi connectivity index (χ0v) is 19.2. The molecule has 0 unspecified atom stereocenters. The van der Waals surface area contributed by atoms with Gasteiger partial charge in [-0.25, -0.2) is 4.39 Å². The molecule has 1 aliphatic heterocycles. The number of carbonyl (C=O) groups is 1. The SMILES string of the molecule is C[C@H](C(=O)Nc1cccc(F)c1)N1CCN([C@@H](C)c2nc(-c3cccc(C(F)(F)F)c3)no2)CC1. The molecule has 3 aromatic rings. The van der Waals surface area contributed by atoms with Crippen LogP contribution in [-0.2, 0) is 11.0 Å². The molecule has 0 bridgehead atoms. The molecule has 1 N–H and O–H groups in total. The Labute approximate surface area is 199 Å². The van der Waals surface area contributed by atoms with Crippen LogP contribution in [0.2, 0.25) is 0 Å². The summed E-state index contributed by atoms with van der Waals surface area (Å²) >= 11 is 0. The number of halogens is 4. The topological polar surface area (TPSA) is 74.5 Å². The van der Waals surface area contributed by atoms with Crippen molar-refractivity contribution in [3.8, 4) is 11.4 Å². The van der Waals surface area contributed by atoms with Gasteiger partial charge >= 0.3 is 6.18 Å². The number of piperazine rings is 1. The van der Waals surface area contributed by atoms with E-state index in [2.05, 4.69) is 20.4 Å². The van der Waals surface area contributed by atoms with Gasteiger partial charge in [-0.2, -0.15) is 18.2 Å². The van der Waals surface area contributed by atoms with Crippen molar-refractivity contribution in [3.05, 3.63) is 65.8 Å². The molecule has 0 saturated carbocycles. The third-order valence-corrected chi connectivity index (χ3v) is 6.16. The maximum Gasteiger partial charge on any atom is 0.416 e. The Balaban J connectivity index is 1.34. The molecule has 1 amide bonds. The predicted octanol–water partition coefficient (Wildman–Crippen LogP) is 4.60. The van der Waals surface area contributed by atoms with Gasteiger partial charge in [0.25, 0.3) is 0 Å². The van der Waals surface area contributed by atoms with Crippen molar-refractivity contribution in [2.45, 2.75) is 32.1 Å². The third-order valence-electron chi connectivity index (χ3n) is 6.16. The van der Waals surface area contributed by atoms with Gasteiger partial charge in [0.1, 0.15) is 5.82 Å². The largest absolute Gasteiger partial charge is 0.416 e. The Morgan fingerprint density at radius 3 is 2.40 bits per heavy atom. The van der Waals surface area contributed by atoms with E-state index in [0.717, 1.165) is 12.1 Å². The van der Waals surface area contributed by atoms with Crippen molar-refractivity contribution in [3.63, 3.8) is 0 Å². The van der Waals surface area contributed by atoms with Gasteiger partial charge in [0.2, 0.25) is 17.6 Å². The number of alkyl halides is 3. The fourth-order valence-corrected chi connectivity index (χ4v) is 4.00. The number of aromatic nitrogens is 2. The van der Waals surface area contributed by atoms with E-state index >= 15 is 0 Å². The van der Waals surface area contributed by atoms with E-state index in [0.29, 0.717) is 37.8 Å². The lowest BCUT2D eigenvalue weighted by molar-refractivity contribution is -0.137. The quantitative estimate of drug-likeness (QED) is 0.508.